The highest BCUT2D eigenvalue weighted by atomic mass is 16.2. The van der Waals surface area contributed by atoms with Crippen LogP contribution in [0.2, 0.25) is 0 Å². The summed E-state index contributed by atoms with van der Waals surface area (Å²) in [7, 11) is 1.93. The summed E-state index contributed by atoms with van der Waals surface area (Å²) in [5.74, 6) is 0.0751. The predicted octanol–water partition coefficient (Wildman–Crippen LogP) is 3.26. The van der Waals surface area contributed by atoms with E-state index >= 15 is 0 Å². The molecule has 0 aliphatic heterocycles. The van der Waals surface area contributed by atoms with E-state index in [9.17, 15) is 4.79 Å². The fourth-order valence-corrected chi connectivity index (χ4v) is 2.37. The van der Waals surface area contributed by atoms with Gasteiger partial charge in [-0.2, -0.15) is 0 Å². The maximum Gasteiger partial charge on any atom is 0.239 e. The molecule has 0 atom stereocenters. The zero-order valence-corrected chi connectivity index (χ0v) is 13.2. The van der Waals surface area contributed by atoms with Gasteiger partial charge in [0.2, 0.25) is 5.91 Å². The smallest absolute Gasteiger partial charge is 0.239 e. The highest BCUT2D eigenvalue weighted by Crippen LogP contribution is 2.10. The van der Waals surface area contributed by atoms with E-state index in [0.717, 1.165) is 31.5 Å². The van der Waals surface area contributed by atoms with E-state index in [4.69, 9.17) is 0 Å². The van der Waals surface area contributed by atoms with Crippen molar-refractivity contribution in [2.24, 2.45) is 0 Å². The summed E-state index contributed by atoms with van der Waals surface area (Å²) in [6, 6.07) is 20.4. The summed E-state index contributed by atoms with van der Waals surface area (Å²) in [5.41, 5.74) is 2.42. The van der Waals surface area contributed by atoms with E-state index in [0.29, 0.717) is 6.54 Å². The Morgan fingerprint density at radius 1 is 0.955 bits per heavy atom. The zero-order valence-electron chi connectivity index (χ0n) is 13.2. The molecule has 1 N–H and O–H groups in total. The number of carbonyl (C=O) groups is 1. The van der Waals surface area contributed by atoms with Crippen LogP contribution in [0.15, 0.2) is 60.7 Å². The second-order valence-electron chi connectivity index (χ2n) is 5.48. The zero-order chi connectivity index (χ0) is 15.6. The molecule has 22 heavy (non-hydrogen) atoms. The third kappa shape index (κ3) is 5.60. The molecule has 2 aromatic rings. The van der Waals surface area contributed by atoms with E-state index in [2.05, 4.69) is 29.6 Å². The Balaban J connectivity index is 1.60. The average molecular weight is 296 g/mol. The van der Waals surface area contributed by atoms with Crippen LogP contribution in [-0.4, -0.2) is 26.0 Å². The Hall–Kier alpha value is -2.29. The highest BCUT2D eigenvalue weighted by Gasteiger charge is 2.06. The third-order valence-corrected chi connectivity index (χ3v) is 3.63. The number of benzene rings is 2. The number of amides is 1. The van der Waals surface area contributed by atoms with Gasteiger partial charge in [0.15, 0.2) is 0 Å². The van der Waals surface area contributed by atoms with Crippen LogP contribution in [0.5, 0.6) is 0 Å². The van der Waals surface area contributed by atoms with Crippen molar-refractivity contribution in [2.75, 3.05) is 25.0 Å². The van der Waals surface area contributed by atoms with Gasteiger partial charge in [-0.1, -0.05) is 48.5 Å². The van der Waals surface area contributed by atoms with Crippen molar-refractivity contribution in [3.05, 3.63) is 66.2 Å². The number of nitrogens with zero attached hydrogens (tertiary/aromatic N) is 1. The second kappa shape index (κ2) is 8.88. The fraction of sp³-hybridized carbons (Fsp3) is 0.316. The summed E-state index contributed by atoms with van der Waals surface area (Å²) in [5, 5.41) is 2.99. The normalized spacial score (nSPS) is 10.2. The Kier molecular flexibility index (Phi) is 6.49. The van der Waals surface area contributed by atoms with Crippen LogP contribution < -0.4 is 10.2 Å². The van der Waals surface area contributed by atoms with E-state index in [1.165, 1.54) is 5.56 Å². The highest BCUT2D eigenvalue weighted by molar-refractivity contribution is 5.81. The number of nitrogens with one attached hydrogen (secondary N) is 1. The summed E-state index contributed by atoms with van der Waals surface area (Å²) in [6.07, 6.45) is 3.18. The van der Waals surface area contributed by atoms with Gasteiger partial charge < -0.3 is 10.2 Å². The monoisotopic (exact) mass is 296 g/mol. The van der Waals surface area contributed by atoms with Gasteiger partial charge in [0, 0.05) is 19.3 Å². The largest absolute Gasteiger partial charge is 0.365 e. The number of hydrogen-bond acceptors (Lipinski definition) is 2. The van der Waals surface area contributed by atoms with Crippen molar-refractivity contribution >= 4 is 11.6 Å². The average Bonchev–Trinajstić information content (AvgIpc) is 2.56. The number of para-hydroxylation sites is 1. The summed E-state index contributed by atoms with van der Waals surface area (Å²) in [4.78, 5) is 13.9. The van der Waals surface area contributed by atoms with Gasteiger partial charge in [0.25, 0.3) is 0 Å². The number of anilines is 1. The molecule has 1 amide bonds. The summed E-state index contributed by atoms with van der Waals surface area (Å²) in [6.45, 7) is 1.14. The molecule has 0 fully saturated rings. The van der Waals surface area contributed by atoms with Crippen LogP contribution in [-0.2, 0) is 11.2 Å². The first-order chi connectivity index (χ1) is 10.8. The van der Waals surface area contributed by atoms with Crippen LogP contribution in [0.4, 0.5) is 5.69 Å². The van der Waals surface area contributed by atoms with Gasteiger partial charge in [-0.05, 0) is 37.0 Å². The van der Waals surface area contributed by atoms with E-state index < -0.39 is 0 Å². The van der Waals surface area contributed by atoms with E-state index in [1.54, 1.807) is 0 Å². The van der Waals surface area contributed by atoms with Gasteiger partial charge in [-0.3, -0.25) is 4.79 Å². The molecular formula is C19H24N2O. The Labute approximate surface area is 133 Å². The van der Waals surface area contributed by atoms with Crippen LogP contribution in [0.25, 0.3) is 0 Å². The first-order valence-corrected chi connectivity index (χ1v) is 7.82. The lowest BCUT2D eigenvalue weighted by Crippen LogP contribution is -2.35. The lowest BCUT2D eigenvalue weighted by molar-refractivity contribution is -0.119. The molecule has 0 spiro atoms. The Morgan fingerprint density at radius 3 is 2.27 bits per heavy atom. The van der Waals surface area contributed by atoms with Gasteiger partial charge >= 0.3 is 0 Å². The van der Waals surface area contributed by atoms with Crippen molar-refractivity contribution in [3.8, 4) is 0 Å². The molecule has 2 aromatic carbocycles. The lowest BCUT2D eigenvalue weighted by Gasteiger charge is -2.18. The minimum absolute atomic E-state index is 0.0751. The maximum atomic E-state index is 11.9. The van der Waals surface area contributed by atoms with Gasteiger partial charge in [0.1, 0.15) is 0 Å². The molecule has 0 aliphatic carbocycles. The quantitative estimate of drug-likeness (QED) is 0.758. The molecule has 0 unspecified atom stereocenters. The second-order valence-corrected chi connectivity index (χ2v) is 5.48. The third-order valence-electron chi connectivity index (χ3n) is 3.63. The number of rotatable bonds is 8. The van der Waals surface area contributed by atoms with Crippen molar-refractivity contribution in [1.29, 1.82) is 0 Å². The van der Waals surface area contributed by atoms with Crippen LogP contribution in [0.3, 0.4) is 0 Å². The van der Waals surface area contributed by atoms with Crippen LogP contribution in [0.1, 0.15) is 18.4 Å². The van der Waals surface area contributed by atoms with E-state index in [-0.39, 0.29) is 5.91 Å². The summed E-state index contributed by atoms with van der Waals surface area (Å²) >= 11 is 0. The number of likely N-dealkylation sites (N-methyl/N-ethyl adjacent to an activating group) is 1. The molecule has 0 aromatic heterocycles. The number of carbonyl (C=O) groups excluding carboxylic acids is 1. The van der Waals surface area contributed by atoms with Gasteiger partial charge in [0.05, 0.1) is 6.54 Å². The van der Waals surface area contributed by atoms with Crippen LogP contribution >= 0.6 is 0 Å². The van der Waals surface area contributed by atoms with Gasteiger partial charge in [-0.15, -0.1) is 0 Å². The SMILES string of the molecule is CN(CC(=O)NCCCCc1ccccc1)c1ccccc1. The Morgan fingerprint density at radius 2 is 1.59 bits per heavy atom. The molecule has 116 valence electrons. The topological polar surface area (TPSA) is 32.3 Å². The Bertz CT molecular complexity index is 554. The molecule has 0 aliphatic rings. The minimum Gasteiger partial charge on any atom is -0.365 e. The van der Waals surface area contributed by atoms with Crippen molar-refractivity contribution < 1.29 is 4.79 Å². The number of hydrogen-bond donors (Lipinski definition) is 1. The molecule has 0 saturated carbocycles. The molecule has 0 saturated heterocycles. The predicted molar refractivity (Wildman–Crippen MR) is 92.1 cm³/mol. The first-order valence-electron chi connectivity index (χ1n) is 7.82. The van der Waals surface area contributed by atoms with Crippen molar-refractivity contribution in [2.45, 2.75) is 19.3 Å². The molecule has 0 heterocycles. The maximum absolute atomic E-state index is 11.9. The van der Waals surface area contributed by atoms with Crippen molar-refractivity contribution in [1.82, 2.24) is 5.32 Å². The first kappa shape index (κ1) is 16.1. The molecule has 3 nitrogen and oxygen atoms in total. The molecule has 0 bridgehead atoms. The lowest BCUT2D eigenvalue weighted by atomic mass is 10.1. The van der Waals surface area contributed by atoms with Crippen molar-refractivity contribution in [3.63, 3.8) is 0 Å². The van der Waals surface area contributed by atoms with E-state index in [1.807, 2.05) is 48.3 Å². The number of unbranched alkanes of at least 4 members (excludes halogenated alkanes) is 1. The molecule has 2 rings (SSSR count). The fourth-order valence-electron chi connectivity index (χ4n) is 2.37. The number of aryl methyl sites for hydroxylation is 1. The molecule has 3 heteroatoms. The molecular weight excluding hydrogens is 272 g/mol. The van der Waals surface area contributed by atoms with Gasteiger partial charge in [-0.25, -0.2) is 0 Å². The summed E-state index contributed by atoms with van der Waals surface area (Å²) < 4.78 is 0. The molecule has 0 radical (unpaired) electrons. The van der Waals surface area contributed by atoms with Crippen LogP contribution in [0, 0.1) is 0 Å². The standard InChI is InChI=1S/C19H24N2O/c1-21(18-13-6-3-7-14-18)16-19(22)20-15-9-8-12-17-10-4-2-5-11-17/h2-7,10-11,13-14H,8-9,12,15-16H2,1H3,(H,20,22). The minimum atomic E-state index is 0.0751.